The third-order valence-corrected chi connectivity index (χ3v) is 2.14. The predicted molar refractivity (Wildman–Crippen MR) is 60.4 cm³/mol. The Kier molecular flexibility index (Phi) is 4.57. The topological polar surface area (TPSA) is 35.2 Å². The first-order valence-corrected chi connectivity index (χ1v) is 5.15. The van der Waals surface area contributed by atoms with Gasteiger partial charge in [0.15, 0.2) is 0 Å². The van der Waals surface area contributed by atoms with Crippen molar-refractivity contribution in [1.29, 1.82) is 0 Å². The van der Waals surface area contributed by atoms with E-state index in [1.807, 2.05) is 13.0 Å². The van der Waals surface area contributed by atoms with E-state index in [9.17, 15) is 13.2 Å². The molecule has 0 radical (unpaired) electrons. The summed E-state index contributed by atoms with van der Waals surface area (Å²) in [5.41, 5.74) is 6.92. The number of benzene rings is 1. The minimum absolute atomic E-state index is 0.213. The monoisotopic (exact) mass is 245 g/mol. The number of hydrogen-bond acceptors (Lipinski definition) is 2. The van der Waals surface area contributed by atoms with Gasteiger partial charge in [0.05, 0.1) is 0 Å². The van der Waals surface area contributed by atoms with Crippen LogP contribution < -0.4 is 10.5 Å². The van der Waals surface area contributed by atoms with Crippen LogP contribution in [0.2, 0.25) is 0 Å². The fourth-order valence-corrected chi connectivity index (χ4v) is 1.36. The molecule has 0 amide bonds. The highest BCUT2D eigenvalue weighted by atomic mass is 19.4. The van der Waals surface area contributed by atoms with E-state index < -0.39 is 6.36 Å². The van der Waals surface area contributed by atoms with E-state index in [2.05, 4.69) is 4.74 Å². The number of rotatable bonds is 4. The number of hydrogen-bond donors (Lipinski definition) is 1. The molecule has 17 heavy (non-hydrogen) atoms. The van der Waals surface area contributed by atoms with Crippen LogP contribution in [-0.2, 0) is 0 Å². The zero-order chi connectivity index (χ0) is 12.9. The van der Waals surface area contributed by atoms with E-state index in [-0.39, 0.29) is 5.75 Å². The molecule has 0 atom stereocenters. The maximum absolute atomic E-state index is 12.0. The number of nitrogens with two attached hydrogens (primary N) is 1. The molecule has 0 aliphatic rings. The van der Waals surface area contributed by atoms with Gasteiger partial charge in [-0.05, 0) is 43.2 Å². The van der Waals surface area contributed by atoms with Gasteiger partial charge in [0.1, 0.15) is 5.75 Å². The lowest BCUT2D eigenvalue weighted by atomic mass is 10.1. The Morgan fingerprint density at radius 3 is 2.71 bits per heavy atom. The highest BCUT2D eigenvalue weighted by Crippen LogP contribution is 2.25. The van der Waals surface area contributed by atoms with Crippen LogP contribution in [0, 0.1) is 0 Å². The second-order valence-corrected chi connectivity index (χ2v) is 3.54. The third-order valence-electron chi connectivity index (χ3n) is 2.14. The first-order valence-electron chi connectivity index (χ1n) is 5.15. The largest absolute Gasteiger partial charge is 0.573 e. The highest BCUT2D eigenvalue weighted by molar-refractivity contribution is 5.64. The molecule has 0 saturated carbocycles. The van der Waals surface area contributed by atoms with Crippen molar-refractivity contribution >= 4 is 5.57 Å². The van der Waals surface area contributed by atoms with Crippen molar-refractivity contribution in [3.05, 3.63) is 35.9 Å². The predicted octanol–water partition coefficient (Wildman–Crippen LogP) is 3.34. The molecule has 0 fully saturated rings. The first kappa shape index (κ1) is 13.6. The number of ether oxygens (including phenoxy) is 1. The summed E-state index contributed by atoms with van der Waals surface area (Å²) >= 11 is 0. The molecule has 0 aromatic heterocycles. The normalized spacial score (nSPS) is 12.6. The molecule has 0 aliphatic heterocycles. The van der Waals surface area contributed by atoms with Gasteiger partial charge in [-0.2, -0.15) is 0 Å². The van der Waals surface area contributed by atoms with Gasteiger partial charge in [-0.1, -0.05) is 18.2 Å². The van der Waals surface area contributed by atoms with Crippen molar-refractivity contribution in [2.45, 2.75) is 19.7 Å². The molecule has 5 heteroatoms. The zero-order valence-electron chi connectivity index (χ0n) is 9.42. The van der Waals surface area contributed by atoms with Crippen LogP contribution in [-0.4, -0.2) is 12.9 Å². The van der Waals surface area contributed by atoms with Crippen molar-refractivity contribution in [1.82, 2.24) is 0 Å². The second-order valence-electron chi connectivity index (χ2n) is 3.54. The maximum atomic E-state index is 12.0. The summed E-state index contributed by atoms with van der Waals surface area (Å²) in [6.07, 6.45) is -2.09. The van der Waals surface area contributed by atoms with E-state index in [1.54, 1.807) is 6.07 Å². The average molecular weight is 245 g/mol. The average Bonchev–Trinajstić information content (AvgIpc) is 2.24. The molecule has 0 spiro atoms. The van der Waals surface area contributed by atoms with Crippen molar-refractivity contribution < 1.29 is 17.9 Å². The smallest absolute Gasteiger partial charge is 0.406 e. The summed E-state index contributed by atoms with van der Waals surface area (Å²) in [5.74, 6) is -0.213. The lowest BCUT2D eigenvalue weighted by Gasteiger charge is -2.10. The summed E-state index contributed by atoms with van der Waals surface area (Å²) in [6.45, 7) is 2.33. The number of allylic oxidation sites excluding steroid dienone is 1. The van der Waals surface area contributed by atoms with Gasteiger partial charge in [0.2, 0.25) is 0 Å². The summed E-state index contributed by atoms with van der Waals surface area (Å²) in [5, 5.41) is 0. The van der Waals surface area contributed by atoms with Gasteiger partial charge in [0, 0.05) is 0 Å². The van der Waals surface area contributed by atoms with Crippen LogP contribution in [0.5, 0.6) is 5.75 Å². The molecule has 0 bridgehead atoms. The molecule has 0 aliphatic carbocycles. The summed E-state index contributed by atoms with van der Waals surface area (Å²) in [6, 6.07) is 5.88. The standard InChI is InChI=1S/C12H14F3NO/c1-9(4-3-7-16)10-5-2-6-11(8-10)17-12(13,14)15/h2,4-6,8H,3,7,16H2,1H3. The van der Waals surface area contributed by atoms with Gasteiger partial charge in [-0.15, -0.1) is 13.2 Å². The van der Waals surface area contributed by atoms with Crippen molar-refractivity contribution in [3.8, 4) is 5.75 Å². The van der Waals surface area contributed by atoms with Crippen molar-refractivity contribution in [2.75, 3.05) is 6.54 Å². The maximum Gasteiger partial charge on any atom is 0.573 e. The Bertz CT molecular complexity index is 399. The van der Waals surface area contributed by atoms with Gasteiger partial charge >= 0.3 is 6.36 Å². The SMILES string of the molecule is CC(=CCCN)c1cccc(OC(F)(F)F)c1. The number of alkyl halides is 3. The number of halogens is 3. The van der Waals surface area contributed by atoms with Gasteiger partial charge < -0.3 is 10.5 Å². The molecule has 1 rings (SSSR count). The fraction of sp³-hybridized carbons (Fsp3) is 0.333. The van der Waals surface area contributed by atoms with E-state index in [4.69, 9.17) is 5.73 Å². The van der Waals surface area contributed by atoms with Crippen LogP contribution in [0.25, 0.3) is 5.57 Å². The minimum atomic E-state index is -4.66. The highest BCUT2D eigenvalue weighted by Gasteiger charge is 2.31. The minimum Gasteiger partial charge on any atom is -0.406 e. The molecular weight excluding hydrogens is 231 g/mol. The van der Waals surface area contributed by atoms with Crippen LogP contribution in [0.15, 0.2) is 30.3 Å². The Balaban J connectivity index is 2.86. The molecule has 1 aromatic rings. The second kappa shape index (κ2) is 5.72. The molecule has 2 N–H and O–H groups in total. The van der Waals surface area contributed by atoms with Crippen molar-refractivity contribution in [3.63, 3.8) is 0 Å². The lowest BCUT2D eigenvalue weighted by Crippen LogP contribution is -2.17. The first-order chi connectivity index (χ1) is 7.92. The Hall–Kier alpha value is -1.49. The molecule has 0 heterocycles. The quantitative estimate of drug-likeness (QED) is 0.883. The molecule has 2 nitrogen and oxygen atoms in total. The molecule has 0 saturated heterocycles. The van der Waals surface area contributed by atoms with E-state index in [1.165, 1.54) is 18.2 Å². The Morgan fingerprint density at radius 2 is 2.12 bits per heavy atom. The summed E-state index contributed by atoms with van der Waals surface area (Å²) in [7, 11) is 0. The molecule has 1 aromatic carbocycles. The molecule has 0 unspecified atom stereocenters. The Labute approximate surface area is 97.9 Å². The van der Waals surface area contributed by atoms with Crippen LogP contribution >= 0.6 is 0 Å². The van der Waals surface area contributed by atoms with Crippen LogP contribution in [0.4, 0.5) is 13.2 Å². The lowest BCUT2D eigenvalue weighted by molar-refractivity contribution is -0.274. The van der Waals surface area contributed by atoms with Crippen molar-refractivity contribution in [2.24, 2.45) is 5.73 Å². The van der Waals surface area contributed by atoms with E-state index in [0.717, 1.165) is 5.57 Å². The van der Waals surface area contributed by atoms with Gasteiger partial charge in [0.25, 0.3) is 0 Å². The molecule has 94 valence electrons. The Morgan fingerprint density at radius 1 is 1.41 bits per heavy atom. The van der Waals surface area contributed by atoms with E-state index in [0.29, 0.717) is 18.5 Å². The molecular formula is C12H14F3NO. The van der Waals surface area contributed by atoms with Gasteiger partial charge in [-0.3, -0.25) is 0 Å². The fourth-order valence-electron chi connectivity index (χ4n) is 1.36. The van der Waals surface area contributed by atoms with E-state index >= 15 is 0 Å². The third kappa shape index (κ3) is 4.91. The van der Waals surface area contributed by atoms with Crippen LogP contribution in [0.3, 0.4) is 0 Å². The summed E-state index contributed by atoms with van der Waals surface area (Å²) < 4.78 is 39.9. The summed E-state index contributed by atoms with van der Waals surface area (Å²) in [4.78, 5) is 0. The van der Waals surface area contributed by atoms with Gasteiger partial charge in [-0.25, -0.2) is 0 Å². The van der Waals surface area contributed by atoms with Crippen LogP contribution in [0.1, 0.15) is 18.9 Å². The zero-order valence-corrected chi connectivity index (χ0v) is 9.42.